The van der Waals surface area contributed by atoms with Gasteiger partial charge in [0, 0.05) is 51.1 Å². The van der Waals surface area contributed by atoms with Crippen LogP contribution in [0.2, 0.25) is 0 Å². The maximum atomic E-state index is 13.3. The monoisotopic (exact) mass is 494 g/mol. The largest absolute Gasteiger partial charge is 0.457 e. The van der Waals surface area contributed by atoms with E-state index < -0.39 is 0 Å². The molecule has 1 heterocycles. The van der Waals surface area contributed by atoms with Gasteiger partial charge in [0.2, 0.25) is 0 Å². The van der Waals surface area contributed by atoms with Gasteiger partial charge in [-0.2, -0.15) is 5.26 Å². The molecule has 1 aliphatic rings. The zero-order valence-corrected chi connectivity index (χ0v) is 20.9. The number of nitriles is 1. The van der Waals surface area contributed by atoms with Crippen molar-refractivity contribution in [2.24, 2.45) is 4.99 Å². The van der Waals surface area contributed by atoms with Crippen LogP contribution in [0.15, 0.2) is 59.7 Å². The molecule has 0 saturated carbocycles. The Morgan fingerprint density at radius 2 is 2.08 bits per heavy atom. The second kappa shape index (κ2) is 14.2. The Labute approximate surface area is 213 Å². The van der Waals surface area contributed by atoms with Gasteiger partial charge in [0.15, 0.2) is 0 Å². The summed E-state index contributed by atoms with van der Waals surface area (Å²) in [6.45, 7) is 15.3. The molecule has 0 spiro atoms. The summed E-state index contributed by atoms with van der Waals surface area (Å²) in [5.74, 6) is 0.849. The number of hydrogen-bond acceptors (Lipinski definition) is 8. The molecule has 2 aromatic rings. The molecule has 1 saturated heterocycles. The van der Waals surface area contributed by atoms with Gasteiger partial charge < -0.3 is 19.3 Å². The lowest BCUT2D eigenvalue weighted by Crippen LogP contribution is -2.49. The highest BCUT2D eigenvalue weighted by molar-refractivity contribution is 5.71. The normalized spacial score (nSPS) is 15.2. The number of piperazine rings is 1. The van der Waals surface area contributed by atoms with E-state index in [9.17, 15) is 9.65 Å². The number of nitrogens with one attached hydrogen (secondary N) is 2. The first-order chi connectivity index (χ1) is 17.5. The number of benzene rings is 2. The van der Waals surface area contributed by atoms with Crippen molar-refractivity contribution in [2.75, 3.05) is 57.5 Å². The van der Waals surface area contributed by atoms with Crippen LogP contribution in [0.5, 0.6) is 11.5 Å². The molecule has 8 nitrogen and oxygen atoms in total. The molecule has 9 heteroatoms. The SMILES string of the molecule is C=Nc1ccc(Oc2ccc(F)cc2)cc1N(CCOCC)CNCCC(=C)N1CCNC(C#N)C1. The lowest BCUT2D eigenvalue weighted by atomic mass is 10.2. The van der Waals surface area contributed by atoms with Crippen LogP contribution in [0.3, 0.4) is 0 Å². The Balaban J connectivity index is 1.64. The fourth-order valence-electron chi connectivity index (χ4n) is 3.92. The Morgan fingerprint density at radius 1 is 1.31 bits per heavy atom. The number of rotatable bonds is 14. The van der Waals surface area contributed by atoms with Crippen LogP contribution >= 0.6 is 0 Å². The van der Waals surface area contributed by atoms with E-state index >= 15 is 0 Å². The molecule has 192 valence electrons. The number of hydrogen-bond donors (Lipinski definition) is 2. The first-order valence-corrected chi connectivity index (χ1v) is 12.2. The van der Waals surface area contributed by atoms with Crippen molar-refractivity contribution in [3.8, 4) is 17.6 Å². The van der Waals surface area contributed by atoms with Crippen LogP contribution in [0.4, 0.5) is 15.8 Å². The fourth-order valence-corrected chi connectivity index (χ4v) is 3.92. The van der Waals surface area contributed by atoms with Gasteiger partial charge in [-0.15, -0.1) is 0 Å². The van der Waals surface area contributed by atoms with E-state index in [-0.39, 0.29) is 11.9 Å². The van der Waals surface area contributed by atoms with Gasteiger partial charge in [0.05, 0.1) is 30.7 Å². The zero-order chi connectivity index (χ0) is 25.8. The minimum atomic E-state index is -0.313. The van der Waals surface area contributed by atoms with E-state index in [0.717, 1.165) is 43.1 Å². The third-order valence-corrected chi connectivity index (χ3v) is 5.89. The van der Waals surface area contributed by atoms with Gasteiger partial charge in [0.1, 0.15) is 23.4 Å². The predicted molar refractivity (Wildman–Crippen MR) is 142 cm³/mol. The van der Waals surface area contributed by atoms with Gasteiger partial charge in [-0.25, -0.2) is 4.39 Å². The van der Waals surface area contributed by atoms with Crippen LogP contribution in [-0.4, -0.2) is 70.3 Å². The first kappa shape index (κ1) is 27.1. The summed E-state index contributed by atoms with van der Waals surface area (Å²) in [5.41, 5.74) is 2.61. The number of halogens is 1. The highest BCUT2D eigenvalue weighted by atomic mass is 19.1. The van der Waals surface area contributed by atoms with Crippen molar-refractivity contribution >= 4 is 18.1 Å². The number of ether oxygens (including phenoxy) is 2. The number of nitrogens with zero attached hydrogens (tertiary/aromatic N) is 4. The summed E-state index contributed by atoms with van der Waals surface area (Å²) in [7, 11) is 0. The van der Waals surface area contributed by atoms with Gasteiger partial charge in [0.25, 0.3) is 0 Å². The average Bonchev–Trinajstić information content (AvgIpc) is 2.91. The van der Waals surface area contributed by atoms with E-state index in [1.54, 1.807) is 12.1 Å². The molecule has 2 N–H and O–H groups in total. The Kier molecular flexibility index (Phi) is 10.7. The van der Waals surface area contributed by atoms with Crippen LogP contribution in [0.25, 0.3) is 0 Å². The third kappa shape index (κ3) is 8.05. The number of aliphatic imine (C=N–C) groups is 1. The Hall–Kier alpha value is -3.45. The van der Waals surface area contributed by atoms with Crippen LogP contribution in [-0.2, 0) is 4.74 Å². The van der Waals surface area contributed by atoms with Crippen molar-refractivity contribution in [1.82, 2.24) is 15.5 Å². The third-order valence-electron chi connectivity index (χ3n) is 5.89. The maximum absolute atomic E-state index is 13.3. The molecule has 36 heavy (non-hydrogen) atoms. The van der Waals surface area contributed by atoms with E-state index in [4.69, 9.17) is 9.47 Å². The number of anilines is 1. The first-order valence-electron chi connectivity index (χ1n) is 12.2. The minimum absolute atomic E-state index is 0.160. The van der Waals surface area contributed by atoms with Gasteiger partial charge in [-0.3, -0.25) is 15.6 Å². The van der Waals surface area contributed by atoms with Crippen LogP contribution in [0.1, 0.15) is 13.3 Å². The van der Waals surface area contributed by atoms with Crippen molar-refractivity contribution in [3.63, 3.8) is 0 Å². The van der Waals surface area contributed by atoms with Crippen LogP contribution in [0, 0.1) is 17.1 Å². The molecule has 3 rings (SSSR count). The molecule has 1 atom stereocenters. The standard InChI is InChI=1S/C27H35FN6O2/c1-4-35-16-15-34(20-31-12-11-21(2)33-14-13-32-23(18-29)19-33)27-17-25(9-10-26(27)30-3)36-24-7-5-22(28)6-8-24/h5-10,17,23,31-32H,2-4,11-16,19-20H2,1H3. The highest BCUT2D eigenvalue weighted by Gasteiger charge is 2.19. The van der Waals surface area contributed by atoms with Crippen molar-refractivity contribution in [3.05, 3.63) is 60.6 Å². The molecule has 0 bridgehead atoms. The second-order valence-corrected chi connectivity index (χ2v) is 8.38. The molecule has 1 aliphatic heterocycles. The molecule has 1 unspecified atom stereocenters. The Bertz CT molecular complexity index is 1040. The molecule has 1 fully saturated rings. The summed E-state index contributed by atoms with van der Waals surface area (Å²) in [6, 6.07) is 13.6. The van der Waals surface area contributed by atoms with Crippen molar-refractivity contribution < 1.29 is 13.9 Å². The van der Waals surface area contributed by atoms with Crippen LogP contribution < -0.4 is 20.3 Å². The summed E-state index contributed by atoms with van der Waals surface area (Å²) >= 11 is 0. The predicted octanol–water partition coefficient (Wildman–Crippen LogP) is 4.04. The summed E-state index contributed by atoms with van der Waals surface area (Å²) in [5, 5.41) is 15.9. The quantitative estimate of drug-likeness (QED) is 0.233. The molecule has 0 amide bonds. The zero-order valence-electron chi connectivity index (χ0n) is 20.9. The molecule has 0 aliphatic carbocycles. The van der Waals surface area contributed by atoms with Crippen molar-refractivity contribution in [1.29, 1.82) is 5.26 Å². The lowest BCUT2D eigenvalue weighted by Gasteiger charge is -2.34. The topological polar surface area (TPSA) is 85.2 Å². The van der Waals surface area contributed by atoms with Crippen molar-refractivity contribution in [2.45, 2.75) is 19.4 Å². The minimum Gasteiger partial charge on any atom is -0.457 e. The molecule has 0 radical (unpaired) electrons. The van der Waals surface area contributed by atoms with Gasteiger partial charge >= 0.3 is 0 Å². The lowest BCUT2D eigenvalue weighted by molar-refractivity contribution is 0.153. The van der Waals surface area contributed by atoms with E-state index in [2.05, 4.69) is 44.8 Å². The van der Waals surface area contributed by atoms with E-state index in [0.29, 0.717) is 44.5 Å². The fraction of sp³-hybridized carbons (Fsp3) is 0.407. The smallest absolute Gasteiger partial charge is 0.129 e. The molecular weight excluding hydrogens is 459 g/mol. The molecule has 2 aromatic carbocycles. The molecular formula is C27H35FN6O2. The maximum Gasteiger partial charge on any atom is 0.129 e. The summed E-state index contributed by atoms with van der Waals surface area (Å²) in [6.07, 6.45) is 0.776. The summed E-state index contributed by atoms with van der Waals surface area (Å²) < 4.78 is 24.8. The summed E-state index contributed by atoms with van der Waals surface area (Å²) in [4.78, 5) is 8.50. The second-order valence-electron chi connectivity index (χ2n) is 8.38. The molecule has 0 aromatic heterocycles. The Morgan fingerprint density at radius 3 is 2.81 bits per heavy atom. The highest BCUT2D eigenvalue weighted by Crippen LogP contribution is 2.34. The van der Waals surface area contributed by atoms with Gasteiger partial charge in [-0.1, -0.05) is 6.58 Å². The average molecular weight is 495 g/mol. The van der Waals surface area contributed by atoms with E-state index in [1.165, 1.54) is 12.1 Å². The van der Waals surface area contributed by atoms with E-state index in [1.807, 2.05) is 25.1 Å². The van der Waals surface area contributed by atoms with Gasteiger partial charge in [-0.05, 0) is 56.5 Å².